The van der Waals surface area contributed by atoms with Gasteiger partial charge in [-0.25, -0.2) is 0 Å². The SMILES string of the molecule is COC(=O)Cn1c(=NC(=O)c2cc(C)no2)sc2cc(Br)ccc21. The normalized spacial score (nSPS) is 11.9. The Hall–Kier alpha value is -2.26. The number of halogens is 1. The van der Waals surface area contributed by atoms with Gasteiger partial charge >= 0.3 is 11.9 Å². The van der Waals surface area contributed by atoms with Crippen LogP contribution < -0.4 is 4.80 Å². The number of hydrogen-bond acceptors (Lipinski definition) is 6. The Morgan fingerprint density at radius 1 is 1.42 bits per heavy atom. The van der Waals surface area contributed by atoms with Crippen LogP contribution in [0.5, 0.6) is 0 Å². The number of ether oxygens (including phenoxy) is 1. The van der Waals surface area contributed by atoms with Gasteiger partial charge in [0, 0.05) is 10.5 Å². The number of hydrogen-bond donors (Lipinski definition) is 0. The van der Waals surface area contributed by atoms with Crippen molar-refractivity contribution in [1.82, 2.24) is 9.72 Å². The fourth-order valence-electron chi connectivity index (χ4n) is 2.09. The molecule has 1 amide bonds. The summed E-state index contributed by atoms with van der Waals surface area (Å²) in [6.45, 7) is 1.67. The van der Waals surface area contributed by atoms with Gasteiger partial charge in [-0.1, -0.05) is 32.4 Å². The quantitative estimate of drug-likeness (QED) is 0.620. The number of benzene rings is 1. The first-order valence-electron chi connectivity index (χ1n) is 6.86. The predicted molar refractivity (Wildman–Crippen MR) is 90.7 cm³/mol. The van der Waals surface area contributed by atoms with Crippen LogP contribution in [0, 0.1) is 6.92 Å². The molecule has 1 aromatic carbocycles. The molecule has 0 unspecified atom stereocenters. The van der Waals surface area contributed by atoms with E-state index < -0.39 is 11.9 Å². The largest absolute Gasteiger partial charge is 0.468 e. The molecule has 0 radical (unpaired) electrons. The van der Waals surface area contributed by atoms with Gasteiger partial charge in [-0.2, -0.15) is 4.99 Å². The van der Waals surface area contributed by atoms with E-state index in [4.69, 9.17) is 9.26 Å². The van der Waals surface area contributed by atoms with Gasteiger partial charge in [0.1, 0.15) is 6.54 Å². The van der Waals surface area contributed by atoms with Crippen molar-refractivity contribution in [3.8, 4) is 0 Å². The highest BCUT2D eigenvalue weighted by Crippen LogP contribution is 2.22. The van der Waals surface area contributed by atoms with Crippen molar-refractivity contribution in [2.24, 2.45) is 4.99 Å². The average Bonchev–Trinajstić information content (AvgIpc) is 3.11. The van der Waals surface area contributed by atoms with E-state index in [2.05, 4.69) is 26.1 Å². The lowest BCUT2D eigenvalue weighted by Crippen LogP contribution is -2.22. The van der Waals surface area contributed by atoms with Crippen molar-refractivity contribution >= 4 is 49.4 Å². The van der Waals surface area contributed by atoms with Crippen LogP contribution >= 0.6 is 27.3 Å². The molecule has 0 saturated heterocycles. The Balaban J connectivity index is 2.14. The standard InChI is InChI=1S/C15H12BrN3O4S/c1-8-5-11(23-18-8)14(21)17-15-19(7-13(20)22-2)10-4-3-9(16)6-12(10)24-15/h3-6H,7H2,1-2H3. The van der Waals surface area contributed by atoms with Gasteiger partial charge in [-0.15, -0.1) is 0 Å². The zero-order valence-corrected chi connectivity index (χ0v) is 15.2. The number of thiazole rings is 1. The molecule has 9 heteroatoms. The van der Waals surface area contributed by atoms with Crippen LogP contribution in [-0.4, -0.2) is 28.7 Å². The average molecular weight is 410 g/mol. The summed E-state index contributed by atoms with van der Waals surface area (Å²) in [6, 6.07) is 7.12. The van der Waals surface area contributed by atoms with E-state index in [1.807, 2.05) is 18.2 Å². The van der Waals surface area contributed by atoms with Crippen LogP contribution in [0.3, 0.4) is 0 Å². The Morgan fingerprint density at radius 2 is 2.21 bits per heavy atom. The third kappa shape index (κ3) is 3.31. The van der Waals surface area contributed by atoms with Crippen molar-refractivity contribution in [2.75, 3.05) is 7.11 Å². The van der Waals surface area contributed by atoms with Gasteiger partial charge in [-0.05, 0) is 25.1 Å². The molecule has 0 bridgehead atoms. The second-order valence-corrected chi connectivity index (χ2v) is 6.83. The minimum absolute atomic E-state index is 0.0420. The van der Waals surface area contributed by atoms with E-state index in [0.717, 1.165) is 14.7 Å². The minimum atomic E-state index is -0.556. The fraction of sp³-hybridized carbons (Fsp3) is 0.200. The van der Waals surface area contributed by atoms with E-state index in [9.17, 15) is 9.59 Å². The molecule has 0 N–H and O–H groups in total. The fourth-order valence-corrected chi connectivity index (χ4v) is 3.66. The summed E-state index contributed by atoms with van der Waals surface area (Å²) in [5, 5.41) is 3.68. The summed E-state index contributed by atoms with van der Waals surface area (Å²) in [5.41, 5.74) is 1.38. The molecule has 3 rings (SSSR count). The molecule has 0 fully saturated rings. The Bertz CT molecular complexity index is 1000. The molecule has 0 saturated carbocycles. The number of methoxy groups -OCH3 is 1. The number of esters is 1. The van der Waals surface area contributed by atoms with Crippen LogP contribution in [0.4, 0.5) is 0 Å². The topological polar surface area (TPSA) is 86.7 Å². The molecule has 2 aromatic heterocycles. The first kappa shape index (κ1) is 16.6. The first-order chi connectivity index (χ1) is 11.5. The molecule has 24 heavy (non-hydrogen) atoms. The Morgan fingerprint density at radius 3 is 2.88 bits per heavy atom. The van der Waals surface area contributed by atoms with Crippen molar-refractivity contribution in [1.29, 1.82) is 0 Å². The number of fused-ring (bicyclic) bond motifs is 1. The molecule has 0 aliphatic rings. The maximum Gasteiger partial charge on any atom is 0.325 e. The van der Waals surface area contributed by atoms with Crippen LogP contribution in [0.2, 0.25) is 0 Å². The van der Waals surface area contributed by atoms with Crippen molar-refractivity contribution in [3.05, 3.63) is 45.0 Å². The summed E-state index contributed by atoms with van der Waals surface area (Å²) in [4.78, 5) is 28.4. The Kier molecular flexibility index (Phi) is 4.63. The van der Waals surface area contributed by atoms with Gasteiger partial charge in [0.05, 0.1) is 23.0 Å². The highest BCUT2D eigenvalue weighted by Gasteiger charge is 2.15. The minimum Gasteiger partial charge on any atom is -0.468 e. The van der Waals surface area contributed by atoms with E-state index in [-0.39, 0.29) is 12.3 Å². The number of aromatic nitrogens is 2. The number of aryl methyl sites for hydroxylation is 1. The van der Waals surface area contributed by atoms with Gasteiger partial charge < -0.3 is 13.8 Å². The molecule has 124 valence electrons. The van der Waals surface area contributed by atoms with E-state index in [1.165, 1.54) is 24.5 Å². The maximum atomic E-state index is 12.2. The molecule has 0 atom stereocenters. The van der Waals surface area contributed by atoms with Gasteiger partial charge in [0.15, 0.2) is 4.80 Å². The molecule has 7 nitrogen and oxygen atoms in total. The van der Waals surface area contributed by atoms with Crippen molar-refractivity contribution in [3.63, 3.8) is 0 Å². The van der Waals surface area contributed by atoms with Gasteiger partial charge in [0.25, 0.3) is 0 Å². The lowest BCUT2D eigenvalue weighted by molar-refractivity contribution is -0.141. The molecular formula is C15H12BrN3O4S. The van der Waals surface area contributed by atoms with Gasteiger partial charge in [-0.3, -0.25) is 9.59 Å². The summed E-state index contributed by atoms with van der Waals surface area (Å²) in [7, 11) is 1.31. The highest BCUT2D eigenvalue weighted by atomic mass is 79.9. The summed E-state index contributed by atoms with van der Waals surface area (Å²) in [5.74, 6) is -0.933. The predicted octanol–water partition coefficient (Wildman–Crippen LogP) is 2.68. The molecule has 3 aromatic rings. The summed E-state index contributed by atoms with van der Waals surface area (Å²) < 4.78 is 13.1. The Labute approximate surface area is 148 Å². The molecule has 0 spiro atoms. The molecule has 2 heterocycles. The highest BCUT2D eigenvalue weighted by molar-refractivity contribution is 9.10. The lowest BCUT2D eigenvalue weighted by Gasteiger charge is -2.03. The van der Waals surface area contributed by atoms with E-state index in [0.29, 0.717) is 10.5 Å². The molecule has 0 aliphatic carbocycles. The van der Waals surface area contributed by atoms with Gasteiger partial charge in [0.2, 0.25) is 5.76 Å². The van der Waals surface area contributed by atoms with Crippen LogP contribution in [0.25, 0.3) is 10.2 Å². The monoisotopic (exact) mass is 409 g/mol. The molecular weight excluding hydrogens is 398 g/mol. The lowest BCUT2D eigenvalue weighted by atomic mass is 10.3. The van der Waals surface area contributed by atoms with Crippen LogP contribution in [0.15, 0.2) is 38.3 Å². The number of carbonyl (C=O) groups excluding carboxylic acids is 2. The first-order valence-corrected chi connectivity index (χ1v) is 8.47. The van der Waals surface area contributed by atoms with Crippen LogP contribution in [-0.2, 0) is 16.1 Å². The third-order valence-electron chi connectivity index (χ3n) is 3.20. The van der Waals surface area contributed by atoms with Crippen LogP contribution in [0.1, 0.15) is 16.2 Å². The molecule has 0 aliphatic heterocycles. The summed E-state index contributed by atoms with van der Waals surface area (Å²) in [6.07, 6.45) is 0. The van der Waals surface area contributed by atoms with Crippen molar-refractivity contribution in [2.45, 2.75) is 13.5 Å². The maximum absolute atomic E-state index is 12.2. The third-order valence-corrected chi connectivity index (χ3v) is 4.73. The summed E-state index contributed by atoms with van der Waals surface area (Å²) >= 11 is 4.70. The van der Waals surface area contributed by atoms with E-state index >= 15 is 0 Å². The number of amides is 1. The number of carbonyl (C=O) groups is 2. The smallest absolute Gasteiger partial charge is 0.325 e. The van der Waals surface area contributed by atoms with E-state index in [1.54, 1.807) is 11.5 Å². The zero-order valence-electron chi connectivity index (χ0n) is 12.8. The number of nitrogens with zero attached hydrogens (tertiary/aromatic N) is 3. The second kappa shape index (κ2) is 6.70. The zero-order chi connectivity index (χ0) is 17.3. The number of rotatable bonds is 3. The second-order valence-electron chi connectivity index (χ2n) is 4.91. The van der Waals surface area contributed by atoms with Crippen molar-refractivity contribution < 1.29 is 18.8 Å².